The Labute approximate surface area is 317 Å². The summed E-state index contributed by atoms with van der Waals surface area (Å²) < 4.78 is 4.48. The van der Waals surface area contributed by atoms with Crippen molar-refractivity contribution in [2.45, 2.75) is 112 Å². The van der Waals surface area contributed by atoms with Gasteiger partial charge in [0.15, 0.2) is 0 Å². The van der Waals surface area contributed by atoms with Crippen LogP contribution < -0.4 is 0 Å². The van der Waals surface area contributed by atoms with Crippen molar-refractivity contribution in [3.8, 4) is 11.3 Å². The first-order valence-electron chi connectivity index (χ1n) is 17.2. The number of imidazole rings is 1. The van der Waals surface area contributed by atoms with Gasteiger partial charge in [0.05, 0.1) is 5.82 Å². The minimum Gasteiger partial charge on any atom is -0.671 e. The van der Waals surface area contributed by atoms with Crippen molar-refractivity contribution in [3.05, 3.63) is 126 Å². The van der Waals surface area contributed by atoms with Crippen molar-refractivity contribution in [3.63, 3.8) is 0 Å². The molecule has 0 bridgehead atoms. The monoisotopic (exact) mass is 824 g/mol. The second kappa shape index (κ2) is 16.9. The number of fused-ring (bicyclic) bond motifs is 1. The van der Waals surface area contributed by atoms with Crippen LogP contribution in [0.1, 0.15) is 150 Å². The predicted molar refractivity (Wildman–Crippen MR) is 210 cm³/mol. The van der Waals surface area contributed by atoms with Gasteiger partial charge in [0.2, 0.25) is 0 Å². The van der Waals surface area contributed by atoms with Gasteiger partial charge in [0, 0.05) is 51.8 Å². The Morgan fingerprint density at radius 1 is 0.714 bits per heavy atom. The van der Waals surface area contributed by atoms with E-state index in [1.807, 2.05) is 6.07 Å². The molecule has 0 fully saturated rings. The molecule has 0 amide bonds. The van der Waals surface area contributed by atoms with Gasteiger partial charge in [-0.15, -0.1) is 35.3 Å². The van der Waals surface area contributed by atoms with Gasteiger partial charge in [0.25, 0.3) is 0 Å². The van der Waals surface area contributed by atoms with Gasteiger partial charge in [-0.2, -0.15) is 0 Å². The number of para-hydroxylation sites is 1. The largest absolute Gasteiger partial charge is 0.671 e. The maximum absolute atomic E-state index is 5.86. The molecule has 0 aliphatic carbocycles. The first-order chi connectivity index (χ1) is 21.7. The number of aromatic nitrogens is 3. The van der Waals surface area contributed by atoms with Gasteiger partial charge in [-0.05, 0) is 76.0 Å². The zero-order valence-electron chi connectivity index (χ0n) is 32.9. The minimum atomic E-state index is -0.272. The smallest absolute Gasteiger partial charge is 0.0974 e. The molecular formula is C44H60HfN4-4. The van der Waals surface area contributed by atoms with E-state index in [4.69, 9.17) is 10.3 Å². The third-order valence-electron chi connectivity index (χ3n) is 9.77. The summed E-state index contributed by atoms with van der Waals surface area (Å²) in [6.07, 6.45) is 2.20. The fourth-order valence-corrected chi connectivity index (χ4v) is 6.97. The summed E-state index contributed by atoms with van der Waals surface area (Å²) in [5.74, 6) is 2.78. The van der Waals surface area contributed by atoms with E-state index in [2.05, 4.69) is 154 Å². The summed E-state index contributed by atoms with van der Waals surface area (Å²) in [5.41, 5.74) is 13.6. The van der Waals surface area contributed by atoms with Crippen LogP contribution in [0.3, 0.4) is 0 Å². The maximum atomic E-state index is 5.86. The van der Waals surface area contributed by atoms with Crippen molar-refractivity contribution < 1.29 is 25.8 Å². The molecule has 0 aliphatic heterocycles. The molecule has 0 saturated heterocycles. The van der Waals surface area contributed by atoms with E-state index in [0.717, 1.165) is 28.2 Å². The van der Waals surface area contributed by atoms with E-state index in [1.165, 1.54) is 44.6 Å². The number of aryl methyl sites for hydroxylation is 2. The van der Waals surface area contributed by atoms with Gasteiger partial charge in [-0.3, -0.25) is 0 Å². The average molecular weight is 823 g/mol. The van der Waals surface area contributed by atoms with Gasteiger partial charge in [-0.25, -0.2) is 4.98 Å². The molecule has 2 aromatic heterocycles. The zero-order valence-corrected chi connectivity index (χ0v) is 36.5. The van der Waals surface area contributed by atoms with E-state index < -0.39 is 0 Å². The topological polar surface area (TPSA) is 36.9 Å². The summed E-state index contributed by atoms with van der Waals surface area (Å²) in [6, 6.07) is 21.1. The molecule has 2 heterocycles. The van der Waals surface area contributed by atoms with Gasteiger partial charge >= 0.3 is 0 Å². The Kier molecular flexibility index (Phi) is 14.5. The molecule has 1 unspecified atom stereocenters. The van der Waals surface area contributed by atoms with Crippen LogP contribution in [0.2, 0.25) is 0 Å². The van der Waals surface area contributed by atoms with Crippen LogP contribution in [0.15, 0.2) is 54.7 Å². The molecule has 0 spiro atoms. The third kappa shape index (κ3) is 8.03. The van der Waals surface area contributed by atoms with E-state index in [0.29, 0.717) is 29.6 Å². The van der Waals surface area contributed by atoms with Crippen LogP contribution in [0, 0.1) is 27.8 Å². The SMILES string of the molecule is Cc1c(-c2cn(C)c(C([N-]c3c(C(C)C)cccc3C(C)C)c3c(C(C)C)cc(C(C)C)cc3C(C)C)n2)c2[c-]cccc2n1C.[CH3-].[CH3-].[Hf]. The summed E-state index contributed by atoms with van der Waals surface area (Å²) in [4.78, 5) is 5.52. The van der Waals surface area contributed by atoms with Crippen LogP contribution in [-0.4, -0.2) is 14.1 Å². The Balaban J connectivity index is 0.00000278. The predicted octanol–water partition coefficient (Wildman–Crippen LogP) is 13.0. The van der Waals surface area contributed by atoms with Gasteiger partial charge < -0.3 is 29.3 Å². The molecule has 1 atom stereocenters. The number of hydrogen-bond acceptors (Lipinski definition) is 1. The minimum absolute atomic E-state index is 0. The van der Waals surface area contributed by atoms with E-state index in [9.17, 15) is 0 Å². The Morgan fingerprint density at radius 2 is 1.24 bits per heavy atom. The molecule has 5 rings (SSSR count). The van der Waals surface area contributed by atoms with Crippen LogP contribution >= 0.6 is 0 Å². The van der Waals surface area contributed by atoms with Crippen LogP contribution in [0.25, 0.3) is 27.5 Å². The molecule has 0 radical (unpaired) electrons. The van der Waals surface area contributed by atoms with Gasteiger partial charge in [-0.1, -0.05) is 116 Å². The normalized spacial score (nSPS) is 12.1. The second-order valence-corrected chi connectivity index (χ2v) is 14.7. The zero-order chi connectivity index (χ0) is 33.6. The van der Waals surface area contributed by atoms with Crippen LogP contribution in [-0.2, 0) is 39.9 Å². The number of rotatable bonds is 10. The Bertz CT molecular complexity index is 1800. The quantitative estimate of drug-likeness (QED) is 0.102. The van der Waals surface area contributed by atoms with Crippen molar-refractivity contribution in [1.29, 1.82) is 0 Å². The number of benzene rings is 3. The van der Waals surface area contributed by atoms with E-state index in [1.54, 1.807) is 0 Å². The van der Waals surface area contributed by atoms with Crippen molar-refractivity contribution in [1.82, 2.24) is 14.1 Å². The average Bonchev–Trinajstić information content (AvgIpc) is 3.50. The third-order valence-corrected chi connectivity index (χ3v) is 9.77. The standard InChI is InChI=1S/C42H54N4.2CH3.Hf/c1-24(2)30-21-34(27(7)8)39(35(22-30)28(9)10)41(44-40-31(25(3)4)18-16-19-32(40)26(5)6)42-43-36(23-45(42)12)38-29(11)46(13)37-20-15-14-17-33(37)38;;;/h14-16,18-28,41H,1-13H3;2*1H3;/q-2;2*-1;. The number of hydrogen-bond donors (Lipinski definition) is 0. The molecule has 3 aromatic carbocycles. The summed E-state index contributed by atoms with van der Waals surface area (Å²) in [6.45, 7) is 25.2. The van der Waals surface area contributed by atoms with Crippen molar-refractivity contribution in [2.75, 3.05) is 0 Å². The molecule has 5 heteroatoms. The van der Waals surface area contributed by atoms with Crippen molar-refractivity contribution in [2.24, 2.45) is 14.1 Å². The molecule has 0 saturated carbocycles. The fraction of sp³-hybridized carbons (Fsp3) is 0.432. The van der Waals surface area contributed by atoms with Crippen LogP contribution in [0.5, 0.6) is 0 Å². The number of nitrogens with zero attached hydrogens (tertiary/aromatic N) is 4. The summed E-state index contributed by atoms with van der Waals surface area (Å²) >= 11 is 0. The summed E-state index contributed by atoms with van der Waals surface area (Å²) in [7, 11) is 4.27. The van der Waals surface area contributed by atoms with Gasteiger partial charge in [0.1, 0.15) is 0 Å². The first kappa shape index (κ1) is 42.2. The molecule has 5 aromatic rings. The molecule has 0 aliphatic rings. The summed E-state index contributed by atoms with van der Waals surface area (Å²) in [5, 5.41) is 6.97. The maximum Gasteiger partial charge on any atom is 0.0974 e. The second-order valence-electron chi connectivity index (χ2n) is 14.7. The Hall–Kier alpha value is -2.92. The molecular weight excluding hydrogens is 763 g/mol. The van der Waals surface area contributed by atoms with E-state index in [-0.39, 0.29) is 46.7 Å². The van der Waals surface area contributed by atoms with Crippen LogP contribution in [0.4, 0.5) is 5.69 Å². The molecule has 4 nitrogen and oxygen atoms in total. The first-order valence-corrected chi connectivity index (χ1v) is 17.2. The molecule has 264 valence electrons. The fourth-order valence-electron chi connectivity index (χ4n) is 6.97. The Morgan fingerprint density at radius 3 is 1.73 bits per heavy atom. The van der Waals surface area contributed by atoms with Crippen molar-refractivity contribution >= 4 is 16.6 Å². The van der Waals surface area contributed by atoms with E-state index >= 15 is 0 Å². The molecule has 49 heavy (non-hydrogen) atoms. The molecule has 0 N–H and O–H groups in total.